The Hall–Kier alpha value is -3.37. The smallest absolute Gasteiger partial charge is 0.344 e. The predicted molar refractivity (Wildman–Crippen MR) is 96.4 cm³/mol. The van der Waals surface area contributed by atoms with Crippen LogP contribution in [-0.2, 0) is 9.47 Å². The van der Waals surface area contributed by atoms with E-state index in [1.54, 1.807) is 17.7 Å². The topological polar surface area (TPSA) is 73.5 Å². The van der Waals surface area contributed by atoms with Gasteiger partial charge >= 0.3 is 5.97 Å². The maximum Gasteiger partial charge on any atom is 0.344 e. The van der Waals surface area contributed by atoms with Crippen LogP contribution in [0.25, 0.3) is 16.6 Å². The van der Waals surface area contributed by atoms with Crippen LogP contribution in [-0.4, -0.2) is 31.0 Å². The maximum atomic E-state index is 14.8. The van der Waals surface area contributed by atoms with Gasteiger partial charge in [0.1, 0.15) is 23.2 Å². The molecule has 138 valence electrons. The summed E-state index contributed by atoms with van der Waals surface area (Å²) in [5, 5.41) is 10.1. The fraction of sp³-hybridized carbons (Fsp3) is 0.200. The summed E-state index contributed by atoms with van der Waals surface area (Å²) in [6.45, 7) is 1.58. The number of nitrogens with zero attached hydrogens (tertiary/aromatic N) is 2. The first kappa shape index (κ1) is 18.4. The first-order chi connectivity index (χ1) is 13.1. The van der Waals surface area contributed by atoms with Crippen molar-refractivity contribution in [1.29, 1.82) is 5.26 Å². The van der Waals surface area contributed by atoms with Crippen molar-refractivity contribution in [2.24, 2.45) is 0 Å². The van der Waals surface area contributed by atoms with Crippen LogP contribution in [0.2, 0.25) is 0 Å². The van der Waals surface area contributed by atoms with Gasteiger partial charge in [-0.15, -0.1) is 0 Å². The van der Waals surface area contributed by atoms with Gasteiger partial charge < -0.3 is 18.8 Å². The van der Waals surface area contributed by atoms with Crippen LogP contribution in [0.15, 0.2) is 42.6 Å². The van der Waals surface area contributed by atoms with Crippen LogP contribution in [0.3, 0.4) is 0 Å². The number of carbonyl (C=O) groups excluding carboxylic acids is 1. The molecule has 0 aliphatic rings. The molecule has 0 N–H and O–H groups in total. The Morgan fingerprint density at radius 2 is 2.07 bits per heavy atom. The van der Waals surface area contributed by atoms with Gasteiger partial charge in [0.15, 0.2) is 6.79 Å². The van der Waals surface area contributed by atoms with Crippen LogP contribution in [0, 0.1) is 17.1 Å². The summed E-state index contributed by atoms with van der Waals surface area (Å²) in [4.78, 5) is 12.1. The zero-order valence-electron chi connectivity index (χ0n) is 14.9. The molecule has 0 atom stereocenters. The van der Waals surface area contributed by atoms with Gasteiger partial charge in [-0.1, -0.05) is 18.2 Å². The Balaban J connectivity index is 2.19. The molecule has 6 nitrogen and oxygen atoms in total. The number of hydrogen-bond donors (Lipinski definition) is 0. The molecule has 1 aromatic heterocycles. The fourth-order valence-corrected chi connectivity index (χ4v) is 2.83. The molecule has 3 aromatic rings. The van der Waals surface area contributed by atoms with Gasteiger partial charge in [-0.2, -0.15) is 5.26 Å². The van der Waals surface area contributed by atoms with Gasteiger partial charge in [0, 0.05) is 24.8 Å². The first-order valence-corrected chi connectivity index (χ1v) is 8.23. The largest absolute Gasteiger partial charge is 0.466 e. The molecule has 0 aliphatic heterocycles. The summed E-state index contributed by atoms with van der Waals surface area (Å²) < 4.78 is 31.6. The Bertz CT molecular complexity index is 1040. The third-order valence-corrected chi connectivity index (χ3v) is 3.96. The third-order valence-electron chi connectivity index (χ3n) is 3.96. The molecule has 0 saturated heterocycles. The molecule has 0 radical (unpaired) electrons. The van der Waals surface area contributed by atoms with Crippen molar-refractivity contribution in [3.05, 3.63) is 59.5 Å². The molecular weight excluding hydrogens is 351 g/mol. The predicted octanol–water partition coefficient (Wildman–Crippen LogP) is 3.80. The Morgan fingerprint density at radius 3 is 2.78 bits per heavy atom. The zero-order chi connectivity index (χ0) is 19.4. The molecule has 3 rings (SSSR count). The van der Waals surface area contributed by atoms with Gasteiger partial charge in [-0.3, -0.25) is 0 Å². The van der Waals surface area contributed by atoms with E-state index in [0.717, 1.165) is 10.9 Å². The Labute approximate surface area is 155 Å². The lowest BCUT2D eigenvalue weighted by Gasteiger charge is -2.14. The van der Waals surface area contributed by atoms with Gasteiger partial charge in [-0.25, -0.2) is 9.18 Å². The maximum absolute atomic E-state index is 14.8. The van der Waals surface area contributed by atoms with Crippen LogP contribution < -0.4 is 4.74 Å². The Kier molecular flexibility index (Phi) is 5.38. The van der Waals surface area contributed by atoms with Crippen LogP contribution in [0.5, 0.6) is 5.75 Å². The van der Waals surface area contributed by atoms with E-state index in [4.69, 9.17) is 14.2 Å². The number of nitriles is 1. The van der Waals surface area contributed by atoms with E-state index in [1.807, 2.05) is 24.3 Å². The third kappa shape index (κ3) is 3.48. The minimum Gasteiger partial charge on any atom is -0.466 e. The molecule has 0 aliphatic carbocycles. The minimum atomic E-state index is -0.817. The molecule has 0 bridgehead atoms. The van der Waals surface area contributed by atoms with Gasteiger partial charge in [0.2, 0.25) is 0 Å². The number of halogens is 1. The van der Waals surface area contributed by atoms with Crippen molar-refractivity contribution in [1.82, 2.24) is 4.57 Å². The lowest BCUT2D eigenvalue weighted by atomic mass is 10.1. The van der Waals surface area contributed by atoms with E-state index in [9.17, 15) is 14.4 Å². The van der Waals surface area contributed by atoms with Crippen molar-refractivity contribution in [3.63, 3.8) is 0 Å². The zero-order valence-corrected chi connectivity index (χ0v) is 14.9. The number of methoxy groups -OCH3 is 1. The second-order valence-corrected chi connectivity index (χ2v) is 5.61. The van der Waals surface area contributed by atoms with Gasteiger partial charge in [0.05, 0.1) is 23.4 Å². The molecule has 0 fully saturated rings. The van der Waals surface area contributed by atoms with Crippen LogP contribution in [0.4, 0.5) is 4.39 Å². The molecular formula is C20H17FN2O4. The molecule has 0 unspecified atom stereocenters. The molecule has 7 heteroatoms. The molecule has 2 aromatic carbocycles. The first-order valence-electron chi connectivity index (χ1n) is 8.23. The van der Waals surface area contributed by atoms with E-state index in [1.165, 1.54) is 19.2 Å². The minimum absolute atomic E-state index is 0.00147. The number of ether oxygens (including phenoxy) is 3. The number of benzene rings is 2. The summed E-state index contributed by atoms with van der Waals surface area (Å²) in [6.07, 6.45) is 1.61. The van der Waals surface area contributed by atoms with E-state index in [-0.39, 0.29) is 24.7 Å². The van der Waals surface area contributed by atoms with Crippen molar-refractivity contribution in [2.75, 3.05) is 20.5 Å². The van der Waals surface area contributed by atoms with E-state index in [2.05, 4.69) is 6.07 Å². The highest BCUT2D eigenvalue weighted by molar-refractivity contribution is 5.94. The number of aromatic nitrogens is 1. The Morgan fingerprint density at radius 1 is 1.30 bits per heavy atom. The standard InChI is InChI=1S/C20H17FN2O4/c1-3-26-20(24)19-16(21)8-14(9-18(19)27-12-25-2)23-11-13(10-22)15-6-4-5-7-17(15)23/h4-9,11H,3,12H2,1-2H3. The number of para-hydroxylation sites is 1. The lowest BCUT2D eigenvalue weighted by molar-refractivity contribution is 0.0431. The molecule has 1 heterocycles. The number of esters is 1. The highest BCUT2D eigenvalue weighted by atomic mass is 19.1. The molecule has 27 heavy (non-hydrogen) atoms. The average molecular weight is 368 g/mol. The molecule has 0 amide bonds. The van der Waals surface area contributed by atoms with Gasteiger partial charge in [0.25, 0.3) is 0 Å². The lowest BCUT2D eigenvalue weighted by Crippen LogP contribution is -2.12. The van der Waals surface area contributed by atoms with Crippen molar-refractivity contribution < 1.29 is 23.4 Å². The van der Waals surface area contributed by atoms with E-state index >= 15 is 0 Å². The summed E-state index contributed by atoms with van der Waals surface area (Å²) in [5.74, 6) is -1.60. The van der Waals surface area contributed by atoms with Gasteiger partial charge in [-0.05, 0) is 19.1 Å². The second-order valence-electron chi connectivity index (χ2n) is 5.61. The fourth-order valence-electron chi connectivity index (χ4n) is 2.83. The van der Waals surface area contributed by atoms with E-state index < -0.39 is 11.8 Å². The van der Waals surface area contributed by atoms with Crippen LogP contribution >= 0.6 is 0 Å². The van der Waals surface area contributed by atoms with Crippen molar-refractivity contribution >= 4 is 16.9 Å². The molecule has 0 spiro atoms. The summed E-state index contributed by atoms with van der Waals surface area (Å²) in [7, 11) is 1.42. The SMILES string of the molecule is CCOC(=O)c1c(F)cc(-n2cc(C#N)c3ccccc32)cc1OCOC. The van der Waals surface area contributed by atoms with Crippen molar-refractivity contribution in [2.45, 2.75) is 6.92 Å². The monoisotopic (exact) mass is 368 g/mol. The quantitative estimate of drug-likeness (QED) is 0.489. The number of carbonyl (C=O) groups is 1. The highest BCUT2D eigenvalue weighted by Gasteiger charge is 2.22. The molecule has 0 saturated carbocycles. The highest BCUT2D eigenvalue weighted by Crippen LogP contribution is 2.30. The number of hydrogen-bond acceptors (Lipinski definition) is 5. The number of rotatable bonds is 6. The van der Waals surface area contributed by atoms with E-state index in [0.29, 0.717) is 11.3 Å². The second kappa shape index (κ2) is 7.89. The number of fused-ring (bicyclic) bond motifs is 1. The normalized spacial score (nSPS) is 10.6. The summed E-state index contributed by atoms with van der Waals surface area (Å²) >= 11 is 0. The summed E-state index contributed by atoms with van der Waals surface area (Å²) in [5.41, 5.74) is 1.30. The summed E-state index contributed by atoms with van der Waals surface area (Å²) in [6, 6.07) is 12.1. The average Bonchev–Trinajstić information content (AvgIpc) is 3.05. The van der Waals surface area contributed by atoms with Crippen LogP contribution in [0.1, 0.15) is 22.8 Å². The van der Waals surface area contributed by atoms with Crippen molar-refractivity contribution in [3.8, 4) is 17.5 Å².